The summed E-state index contributed by atoms with van der Waals surface area (Å²) < 4.78 is 0. The fourth-order valence-electron chi connectivity index (χ4n) is 0.618. The number of hydroxylamine groups is 2. The Kier molecular flexibility index (Phi) is 1.20. The maximum atomic E-state index is 10.2. The number of carbonyl (C=O) groups is 1. The molecule has 1 rings (SSSR count). The van der Waals surface area contributed by atoms with Crippen molar-refractivity contribution in [1.82, 2.24) is 5.23 Å². The Morgan fingerprint density at radius 1 is 1.44 bits per heavy atom. The normalized spacial score (nSPS) is 22.1. The second kappa shape index (κ2) is 1.66. The molecule has 0 atom stereocenters. The van der Waals surface area contributed by atoms with Gasteiger partial charge in [0, 0.05) is 0 Å². The van der Waals surface area contributed by atoms with Gasteiger partial charge in [0.15, 0.2) is 5.54 Å². The van der Waals surface area contributed by atoms with Gasteiger partial charge in [0.2, 0.25) is 0 Å². The number of carboxylic acid groups (broad SMARTS) is 1. The summed E-state index contributed by atoms with van der Waals surface area (Å²) in [5.41, 5.74) is -1.39. The van der Waals surface area contributed by atoms with Crippen molar-refractivity contribution in [1.29, 1.82) is 0 Å². The minimum atomic E-state index is -1.39. The third-order valence-corrected chi connectivity index (χ3v) is 1.50. The summed E-state index contributed by atoms with van der Waals surface area (Å²) in [4.78, 5) is 10.2. The zero-order chi connectivity index (χ0) is 7.07. The van der Waals surface area contributed by atoms with Crippen molar-refractivity contribution in [3.05, 3.63) is 0 Å². The molecule has 52 valence electrons. The van der Waals surface area contributed by atoms with Gasteiger partial charge in [-0.1, -0.05) is 5.23 Å². The number of rotatable bonds is 2. The van der Waals surface area contributed by atoms with Crippen molar-refractivity contribution in [2.24, 2.45) is 0 Å². The first-order valence-electron chi connectivity index (χ1n) is 2.51. The van der Waals surface area contributed by atoms with Crippen LogP contribution in [0.5, 0.6) is 0 Å². The Labute approximate surface area is 51.0 Å². The molecule has 0 saturated heterocycles. The summed E-state index contributed by atoms with van der Waals surface area (Å²) in [6.45, 7) is 0. The molecule has 1 saturated carbocycles. The fraction of sp³-hybridized carbons (Fsp3) is 0.750. The van der Waals surface area contributed by atoms with Crippen molar-refractivity contribution in [3.8, 4) is 0 Å². The van der Waals surface area contributed by atoms with Crippen LogP contribution in [0.3, 0.4) is 0 Å². The van der Waals surface area contributed by atoms with Gasteiger partial charge in [-0.2, -0.15) is 0 Å². The number of nitrogens with zero attached hydrogens (tertiary/aromatic N) is 1. The fourth-order valence-corrected chi connectivity index (χ4v) is 0.618. The van der Waals surface area contributed by atoms with E-state index in [-0.39, 0.29) is 5.23 Å². The van der Waals surface area contributed by atoms with Gasteiger partial charge in [0.05, 0.1) is 0 Å². The van der Waals surface area contributed by atoms with Crippen LogP contribution in [0.15, 0.2) is 0 Å². The van der Waals surface area contributed by atoms with E-state index in [2.05, 4.69) is 0 Å². The van der Waals surface area contributed by atoms with E-state index >= 15 is 0 Å². The van der Waals surface area contributed by atoms with Gasteiger partial charge >= 0.3 is 5.97 Å². The highest BCUT2D eigenvalue weighted by atomic mass is 16.8. The summed E-state index contributed by atoms with van der Waals surface area (Å²) in [7, 11) is 0. The second-order valence-electron chi connectivity index (χ2n) is 2.13. The lowest BCUT2D eigenvalue weighted by Gasteiger charge is -2.12. The van der Waals surface area contributed by atoms with Gasteiger partial charge in [-0.25, -0.2) is 0 Å². The topological polar surface area (TPSA) is 81.0 Å². The van der Waals surface area contributed by atoms with E-state index in [9.17, 15) is 4.79 Å². The smallest absolute Gasteiger partial charge is 0.329 e. The maximum Gasteiger partial charge on any atom is 0.329 e. The summed E-state index contributed by atoms with van der Waals surface area (Å²) >= 11 is 0. The van der Waals surface area contributed by atoms with Crippen molar-refractivity contribution in [3.63, 3.8) is 0 Å². The Morgan fingerprint density at radius 3 is 1.89 bits per heavy atom. The van der Waals surface area contributed by atoms with Crippen LogP contribution in [0.1, 0.15) is 12.8 Å². The zero-order valence-electron chi connectivity index (χ0n) is 4.61. The van der Waals surface area contributed by atoms with E-state index < -0.39 is 11.5 Å². The highest BCUT2D eigenvalue weighted by Gasteiger charge is 2.56. The first-order chi connectivity index (χ1) is 4.09. The molecule has 0 aliphatic heterocycles. The Bertz CT molecular complexity index is 140. The summed E-state index contributed by atoms with van der Waals surface area (Å²) in [6, 6.07) is 0. The quantitative estimate of drug-likeness (QED) is 0.450. The summed E-state index contributed by atoms with van der Waals surface area (Å²) in [6.07, 6.45) is 0.602. The molecule has 0 radical (unpaired) electrons. The Balaban J connectivity index is 2.63. The van der Waals surface area contributed by atoms with E-state index in [1.807, 2.05) is 0 Å². The molecule has 0 amide bonds. The summed E-state index contributed by atoms with van der Waals surface area (Å²) in [5, 5.41) is 24.7. The third-order valence-electron chi connectivity index (χ3n) is 1.50. The van der Waals surface area contributed by atoms with Crippen molar-refractivity contribution in [2.75, 3.05) is 0 Å². The highest BCUT2D eigenvalue weighted by molar-refractivity contribution is 5.81. The van der Waals surface area contributed by atoms with E-state index in [0.717, 1.165) is 0 Å². The molecule has 1 fully saturated rings. The third kappa shape index (κ3) is 0.787. The van der Waals surface area contributed by atoms with E-state index in [1.165, 1.54) is 0 Å². The van der Waals surface area contributed by atoms with Crippen LogP contribution in [-0.2, 0) is 4.79 Å². The lowest BCUT2D eigenvalue weighted by atomic mass is 10.3. The van der Waals surface area contributed by atoms with Gasteiger partial charge in [0.25, 0.3) is 0 Å². The van der Waals surface area contributed by atoms with E-state index in [4.69, 9.17) is 15.5 Å². The van der Waals surface area contributed by atoms with Crippen molar-refractivity contribution >= 4 is 5.97 Å². The van der Waals surface area contributed by atoms with Gasteiger partial charge < -0.3 is 5.11 Å². The standard InChI is InChI=1S/C4H7NO4/c6-3(7)4(1-2-4)5(8)9/h8-9H,1-2H2,(H,6,7). The maximum absolute atomic E-state index is 10.2. The molecule has 1 aliphatic rings. The molecule has 1 aliphatic carbocycles. The molecule has 5 nitrogen and oxygen atoms in total. The van der Waals surface area contributed by atoms with Crippen LogP contribution in [0.2, 0.25) is 0 Å². The lowest BCUT2D eigenvalue weighted by Crippen LogP contribution is -2.38. The molecule has 0 bridgehead atoms. The monoisotopic (exact) mass is 133 g/mol. The van der Waals surface area contributed by atoms with Crippen LogP contribution in [0.25, 0.3) is 0 Å². The molecule has 0 spiro atoms. The largest absolute Gasteiger partial charge is 0.480 e. The molecule has 9 heavy (non-hydrogen) atoms. The minimum Gasteiger partial charge on any atom is -0.480 e. The number of aliphatic carboxylic acids is 1. The molecule has 3 N–H and O–H groups in total. The first-order valence-corrected chi connectivity index (χ1v) is 2.51. The van der Waals surface area contributed by atoms with Crippen molar-refractivity contribution < 1.29 is 20.3 Å². The average molecular weight is 133 g/mol. The van der Waals surface area contributed by atoms with Crippen LogP contribution in [0, 0.1) is 0 Å². The second-order valence-corrected chi connectivity index (χ2v) is 2.13. The molecule has 0 aromatic heterocycles. The van der Waals surface area contributed by atoms with Gasteiger partial charge in [-0.15, -0.1) is 0 Å². The van der Waals surface area contributed by atoms with Crippen LogP contribution in [-0.4, -0.2) is 32.3 Å². The van der Waals surface area contributed by atoms with Gasteiger partial charge in [0.1, 0.15) is 0 Å². The molecular formula is C4H7NO4. The lowest BCUT2D eigenvalue weighted by molar-refractivity contribution is -0.335. The predicted molar refractivity (Wildman–Crippen MR) is 25.0 cm³/mol. The van der Waals surface area contributed by atoms with Crippen molar-refractivity contribution in [2.45, 2.75) is 18.4 Å². The number of hydrogen-bond acceptors (Lipinski definition) is 4. The van der Waals surface area contributed by atoms with Gasteiger partial charge in [-0.3, -0.25) is 15.2 Å². The minimum absolute atomic E-state index is 0.227. The van der Waals surface area contributed by atoms with Crippen LogP contribution in [0.4, 0.5) is 0 Å². The molecule has 5 heteroatoms. The number of hydrogen-bond donors (Lipinski definition) is 3. The van der Waals surface area contributed by atoms with E-state index in [1.54, 1.807) is 0 Å². The van der Waals surface area contributed by atoms with Crippen LogP contribution >= 0.6 is 0 Å². The predicted octanol–water partition coefficient (Wildman–Crippen LogP) is -0.316. The SMILES string of the molecule is O=C(O)C1(N(O)O)CC1. The molecule has 0 heterocycles. The highest BCUT2D eigenvalue weighted by Crippen LogP contribution is 2.39. The Morgan fingerprint density at radius 2 is 1.89 bits per heavy atom. The summed E-state index contributed by atoms with van der Waals surface area (Å²) in [5.74, 6) is -1.19. The molecule has 0 unspecified atom stereocenters. The van der Waals surface area contributed by atoms with Crippen LogP contribution < -0.4 is 0 Å². The molecule has 0 aromatic carbocycles. The molecule has 0 aromatic rings. The zero-order valence-corrected chi connectivity index (χ0v) is 4.61. The number of carboxylic acids is 1. The molecular weight excluding hydrogens is 126 g/mol. The Hall–Kier alpha value is -0.650. The van der Waals surface area contributed by atoms with E-state index in [0.29, 0.717) is 12.8 Å². The average Bonchev–Trinajstić information content (AvgIpc) is 2.40. The first kappa shape index (κ1) is 6.47. The van der Waals surface area contributed by atoms with Gasteiger partial charge in [-0.05, 0) is 12.8 Å².